The lowest BCUT2D eigenvalue weighted by Crippen LogP contribution is -1.95. The van der Waals surface area contributed by atoms with E-state index in [4.69, 9.17) is 22.6 Å². The zero-order chi connectivity index (χ0) is 13.1. The van der Waals surface area contributed by atoms with Crippen molar-refractivity contribution in [2.45, 2.75) is 0 Å². The van der Waals surface area contributed by atoms with E-state index in [0.29, 0.717) is 16.3 Å². The number of rotatable bonds is 2. The first kappa shape index (κ1) is 12.7. The number of nitrogens with zero attached hydrogens (tertiary/aromatic N) is 1. The summed E-state index contributed by atoms with van der Waals surface area (Å²) in [5.74, 6) is 0. The van der Waals surface area contributed by atoms with Crippen molar-refractivity contribution in [1.29, 1.82) is 5.26 Å². The molecule has 0 saturated heterocycles. The van der Waals surface area contributed by atoms with Gasteiger partial charge in [0.15, 0.2) is 0 Å². The van der Waals surface area contributed by atoms with E-state index in [1.54, 1.807) is 24.3 Å². The predicted octanol–water partition coefficient (Wildman–Crippen LogP) is 4.30. The van der Waals surface area contributed by atoms with Gasteiger partial charge >= 0.3 is 0 Å². The number of benzene rings is 2. The van der Waals surface area contributed by atoms with E-state index in [2.05, 4.69) is 21.2 Å². The van der Waals surface area contributed by atoms with Gasteiger partial charge < -0.3 is 11.1 Å². The number of halogens is 2. The second-order valence-electron chi connectivity index (χ2n) is 3.66. The standard InChI is InChI=1S/C13H9BrClN3/c14-9-1-4-13(11(15)6-9)18-10-2-3-12(17)8(5-10)7-16/h1-6,18H,17H2. The molecule has 0 unspecified atom stereocenters. The van der Waals surface area contributed by atoms with Crippen LogP contribution in [0.25, 0.3) is 0 Å². The van der Waals surface area contributed by atoms with Crippen LogP contribution in [0.15, 0.2) is 40.9 Å². The molecule has 2 aromatic carbocycles. The molecule has 0 spiro atoms. The highest BCUT2D eigenvalue weighted by Gasteiger charge is 2.04. The topological polar surface area (TPSA) is 61.8 Å². The van der Waals surface area contributed by atoms with Crippen molar-refractivity contribution in [3.63, 3.8) is 0 Å². The Hall–Kier alpha value is -1.70. The first-order valence-electron chi connectivity index (χ1n) is 5.12. The molecule has 0 aromatic heterocycles. The lowest BCUT2D eigenvalue weighted by Gasteiger charge is -2.09. The van der Waals surface area contributed by atoms with Crippen molar-refractivity contribution in [3.8, 4) is 6.07 Å². The third-order valence-corrected chi connectivity index (χ3v) is 3.19. The molecule has 3 nitrogen and oxygen atoms in total. The molecule has 2 rings (SSSR count). The maximum atomic E-state index is 8.91. The van der Waals surface area contributed by atoms with Crippen molar-refractivity contribution in [3.05, 3.63) is 51.5 Å². The SMILES string of the molecule is N#Cc1cc(Nc2ccc(Br)cc2Cl)ccc1N. The van der Waals surface area contributed by atoms with Crippen molar-refractivity contribution in [2.75, 3.05) is 11.1 Å². The summed E-state index contributed by atoms with van der Waals surface area (Å²) in [5.41, 5.74) is 8.10. The van der Waals surface area contributed by atoms with Gasteiger partial charge in [-0.25, -0.2) is 0 Å². The third kappa shape index (κ3) is 2.76. The summed E-state index contributed by atoms with van der Waals surface area (Å²) in [4.78, 5) is 0. The number of nitrogens with two attached hydrogens (primary N) is 1. The maximum Gasteiger partial charge on any atom is 0.101 e. The summed E-state index contributed by atoms with van der Waals surface area (Å²) < 4.78 is 0.910. The fourth-order valence-corrected chi connectivity index (χ4v) is 2.20. The van der Waals surface area contributed by atoms with Gasteiger partial charge in [0.05, 0.1) is 16.3 Å². The Morgan fingerprint density at radius 3 is 2.67 bits per heavy atom. The molecule has 0 bridgehead atoms. The summed E-state index contributed by atoms with van der Waals surface area (Å²) in [7, 11) is 0. The van der Waals surface area contributed by atoms with E-state index in [1.165, 1.54) is 0 Å². The van der Waals surface area contributed by atoms with Crippen LogP contribution in [-0.2, 0) is 0 Å². The van der Waals surface area contributed by atoms with Gasteiger partial charge in [-0.1, -0.05) is 27.5 Å². The van der Waals surface area contributed by atoms with Crippen molar-refractivity contribution < 1.29 is 0 Å². The molecule has 0 aliphatic heterocycles. The van der Waals surface area contributed by atoms with Crippen LogP contribution in [0.4, 0.5) is 17.1 Å². The summed E-state index contributed by atoms with van der Waals surface area (Å²) in [6.07, 6.45) is 0. The second kappa shape index (κ2) is 5.30. The first-order chi connectivity index (χ1) is 8.60. The molecule has 18 heavy (non-hydrogen) atoms. The molecule has 0 amide bonds. The van der Waals surface area contributed by atoms with Gasteiger partial charge in [0, 0.05) is 15.8 Å². The van der Waals surface area contributed by atoms with Gasteiger partial charge in [0.25, 0.3) is 0 Å². The lowest BCUT2D eigenvalue weighted by atomic mass is 10.1. The Labute approximate surface area is 118 Å². The molecule has 0 fully saturated rings. The molecule has 5 heteroatoms. The molecule has 3 N–H and O–H groups in total. The number of nitrogen functional groups attached to an aromatic ring is 1. The lowest BCUT2D eigenvalue weighted by molar-refractivity contribution is 1.47. The number of hydrogen-bond acceptors (Lipinski definition) is 3. The van der Waals surface area contributed by atoms with Gasteiger partial charge in [-0.15, -0.1) is 0 Å². The third-order valence-electron chi connectivity index (χ3n) is 2.38. The molecular formula is C13H9BrClN3. The van der Waals surface area contributed by atoms with Crippen LogP contribution in [0.3, 0.4) is 0 Å². The van der Waals surface area contributed by atoms with E-state index in [-0.39, 0.29) is 0 Å². The van der Waals surface area contributed by atoms with E-state index in [0.717, 1.165) is 15.8 Å². The average Bonchev–Trinajstić information content (AvgIpc) is 2.35. The van der Waals surface area contributed by atoms with E-state index in [1.807, 2.05) is 18.2 Å². The number of nitrogens with one attached hydrogen (secondary N) is 1. The Morgan fingerprint density at radius 1 is 1.22 bits per heavy atom. The minimum absolute atomic E-state index is 0.438. The highest BCUT2D eigenvalue weighted by atomic mass is 79.9. The van der Waals surface area contributed by atoms with E-state index in [9.17, 15) is 0 Å². The highest BCUT2D eigenvalue weighted by molar-refractivity contribution is 9.10. The molecule has 90 valence electrons. The minimum atomic E-state index is 0.438. The van der Waals surface area contributed by atoms with Crippen LogP contribution < -0.4 is 11.1 Å². The summed E-state index contributed by atoms with van der Waals surface area (Å²) in [6, 6.07) is 12.8. The largest absolute Gasteiger partial charge is 0.398 e. The highest BCUT2D eigenvalue weighted by Crippen LogP contribution is 2.29. The van der Waals surface area contributed by atoms with Crippen molar-refractivity contribution in [2.24, 2.45) is 0 Å². The molecule has 0 saturated carbocycles. The first-order valence-corrected chi connectivity index (χ1v) is 6.29. The quantitative estimate of drug-likeness (QED) is 0.810. The summed E-state index contributed by atoms with van der Waals surface area (Å²) >= 11 is 9.44. The van der Waals surface area contributed by atoms with Crippen LogP contribution in [0.1, 0.15) is 5.56 Å². The molecule has 0 radical (unpaired) electrons. The molecule has 0 aliphatic carbocycles. The Morgan fingerprint density at radius 2 is 2.00 bits per heavy atom. The van der Waals surface area contributed by atoms with E-state index < -0.39 is 0 Å². The van der Waals surface area contributed by atoms with Crippen molar-refractivity contribution in [1.82, 2.24) is 0 Å². The van der Waals surface area contributed by atoms with Gasteiger partial charge in [-0.3, -0.25) is 0 Å². The van der Waals surface area contributed by atoms with Crippen molar-refractivity contribution >= 4 is 44.6 Å². The Balaban J connectivity index is 2.32. The van der Waals surface area contributed by atoms with Crippen LogP contribution in [0.5, 0.6) is 0 Å². The molecule has 2 aromatic rings. The average molecular weight is 323 g/mol. The van der Waals surface area contributed by atoms with Crippen LogP contribution >= 0.6 is 27.5 Å². The van der Waals surface area contributed by atoms with Gasteiger partial charge in [0.2, 0.25) is 0 Å². The minimum Gasteiger partial charge on any atom is -0.398 e. The fourth-order valence-electron chi connectivity index (χ4n) is 1.48. The molecule has 0 aliphatic rings. The van der Waals surface area contributed by atoms with Crippen LogP contribution in [-0.4, -0.2) is 0 Å². The van der Waals surface area contributed by atoms with Gasteiger partial charge in [0.1, 0.15) is 6.07 Å². The predicted molar refractivity (Wildman–Crippen MR) is 78.0 cm³/mol. The zero-order valence-electron chi connectivity index (χ0n) is 9.24. The van der Waals surface area contributed by atoms with E-state index >= 15 is 0 Å². The van der Waals surface area contributed by atoms with Crippen LogP contribution in [0.2, 0.25) is 5.02 Å². The molecular weight excluding hydrogens is 314 g/mol. The zero-order valence-corrected chi connectivity index (χ0v) is 11.6. The number of hydrogen-bond donors (Lipinski definition) is 2. The van der Waals surface area contributed by atoms with Gasteiger partial charge in [-0.05, 0) is 36.4 Å². The Kier molecular flexibility index (Phi) is 3.75. The fraction of sp³-hybridized carbons (Fsp3) is 0. The summed E-state index contributed by atoms with van der Waals surface area (Å²) in [5, 5.41) is 12.6. The van der Waals surface area contributed by atoms with Crippen LogP contribution in [0, 0.1) is 11.3 Å². The smallest absolute Gasteiger partial charge is 0.101 e. The monoisotopic (exact) mass is 321 g/mol. The van der Waals surface area contributed by atoms with Gasteiger partial charge in [-0.2, -0.15) is 5.26 Å². The number of anilines is 3. The second-order valence-corrected chi connectivity index (χ2v) is 4.99. The Bertz CT molecular complexity index is 635. The summed E-state index contributed by atoms with van der Waals surface area (Å²) in [6.45, 7) is 0. The normalized spacial score (nSPS) is 9.83. The molecule has 0 atom stereocenters. The molecule has 0 heterocycles. The number of nitriles is 1. The maximum absolute atomic E-state index is 8.91.